The number of aromatic nitrogens is 1. The van der Waals surface area contributed by atoms with Crippen LogP contribution in [0.15, 0.2) is 46.9 Å². The lowest BCUT2D eigenvalue weighted by Crippen LogP contribution is -2.00. The Hall–Kier alpha value is -2.66. The molecule has 0 radical (unpaired) electrons. The van der Waals surface area contributed by atoms with Gasteiger partial charge < -0.3 is 14.9 Å². The molecule has 5 heteroatoms. The van der Waals surface area contributed by atoms with E-state index in [4.69, 9.17) is 14.9 Å². The minimum absolute atomic E-state index is 0.395. The van der Waals surface area contributed by atoms with Crippen molar-refractivity contribution >= 4 is 17.1 Å². The SMILES string of the molecule is COC(=O)c1ccc2oc(-c3ccc(CN)cc3)nc2c1. The minimum Gasteiger partial charge on any atom is -0.465 e. The first-order valence-electron chi connectivity index (χ1n) is 6.49. The summed E-state index contributed by atoms with van der Waals surface area (Å²) < 4.78 is 10.4. The summed E-state index contributed by atoms with van der Waals surface area (Å²) in [4.78, 5) is 15.9. The Balaban J connectivity index is 2.01. The quantitative estimate of drug-likeness (QED) is 0.747. The summed E-state index contributed by atoms with van der Waals surface area (Å²) in [5, 5.41) is 0. The average Bonchev–Trinajstić information content (AvgIpc) is 2.97. The molecule has 0 amide bonds. The Bertz CT molecular complexity index is 791. The largest absolute Gasteiger partial charge is 0.465 e. The number of nitrogens with two attached hydrogens (primary N) is 1. The number of rotatable bonds is 3. The highest BCUT2D eigenvalue weighted by Crippen LogP contribution is 2.25. The summed E-state index contributed by atoms with van der Waals surface area (Å²) in [6.07, 6.45) is 0. The third kappa shape index (κ3) is 2.51. The lowest BCUT2D eigenvalue weighted by molar-refractivity contribution is 0.0601. The van der Waals surface area contributed by atoms with Crippen LogP contribution in [0.5, 0.6) is 0 Å². The van der Waals surface area contributed by atoms with Gasteiger partial charge in [-0.05, 0) is 35.9 Å². The number of fused-ring (bicyclic) bond motifs is 1. The fraction of sp³-hybridized carbons (Fsp3) is 0.125. The number of hydrogen-bond acceptors (Lipinski definition) is 5. The van der Waals surface area contributed by atoms with E-state index in [-0.39, 0.29) is 0 Å². The van der Waals surface area contributed by atoms with Crippen molar-refractivity contribution in [3.63, 3.8) is 0 Å². The van der Waals surface area contributed by atoms with Gasteiger partial charge in [0.05, 0.1) is 12.7 Å². The van der Waals surface area contributed by atoms with Crippen LogP contribution in [0.2, 0.25) is 0 Å². The van der Waals surface area contributed by atoms with Gasteiger partial charge in [-0.1, -0.05) is 12.1 Å². The number of nitrogens with zero attached hydrogens (tertiary/aromatic N) is 1. The van der Waals surface area contributed by atoms with E-state index in [1.54, 1.807) is 18.2 Å². The Morgan fingerprint density at radius 2 is 2.00 bits per heavy atom. The third-order valence-electron chi connectivity index (χ3n) is 3.25. The minimum atomic E-state index is -0.395. The third-order valence-corrected chi connectivity index (χ3v) is 3.25. The summed E-state index contributed by atoms with van der Waals surface area (Å²) in [6.45, 7) is 0.496. The molecule has 0 fully saturated rings. The molecule has 0 saturated carbocycles. The van der Waals surface area contributed by atoms with Crippen molar-refractivity contribution in [2.45, 2.75) is 6.54 Å². The lowest BCUT2D eigenvalue weighted by atomic mass is 10.1. The molecule has 0 unspecified atom stereocenters. The Morgan fingerprint density at radius 1 is 1.24 bits per heavy atom. The topological polar surface area (TPSA) is 78.3 Å². The van der Waals surface area contributed by atoms with Crippen molar-refractivity contribution in [3.8, 4) is 11.5 Å². The normalized spacial score (nSPS) is 10.8. The maximum atomic E-state index is 11.5. The van der Waals surface area contributed by atoms with E-state index in [9.17, 15) is 4.79 Å². The second-order valence-corrected chi connectivity index (χ2v) is 4.59. The predicted octanol–water partition coefficient (Wildman–Crippen LogP) is 2.74. The smallest absolute Gasteiger partial charge is 0.337 e. The van der Waals surface area contributed by atoms with E-state index in [1.807, 2.05) is 24.3 Å². The van der Waals surface area contributed by atoms with Gasteiger partial charge in [0.2, 0.25) is 5.89 Å². The van der Waals surface area contributed by atoms with E-state index in [1.165, 1.54) is 7.11 Å². The summed E-state index contributed by atoms with van der Waals surface area (Å²) in [5.41, 5.74) is 9.18. The van der Waals surface area contributed by atoms with Gasteiger partial charge in [-0.15, -0.1) is 0 Å². The fourth-order valence-corrected chi connectivity index (χ4v) is 2.08. The van der Waals surface area contributed by atoms with Crippen LogP contribution in [0.25, 0.3) is 22.6 Å². The maximum absolute atomic E-state index is 11.5. The lowest BCUT2D eigenvalue weighted by Gasteiger charge is -1.97. The molecule has 0 spiro atoms. The highest BCUT2D eigenvalue weighted by atomic mass is 16.5. The van der Waals surface area contributed by atoms with Gasteiger partial charge in [0, 0.05) is 12.1 Å². The van der Waals surface area contributed by atoms with Crippen LogP contribution in [0.1, 0.15) is 15.9 Å². The molecule has 2 aromatic carbocycles. The molecule has 3 aromatic rings. The van der Waals surface area contributed by atoms with Crippen LogP contribution < -0.4 is 5.73 Å². The number of oxazole rings is 1. The molecular weight excluding hydrogens is 268 g/mol. The Labute approximate surface area is 121 Å². The van der Waals surface area contributed by atoms with E-state index < -0.39 is 5.97 Å². The number of methoxy groups -OCH3 is 1. The molecule has 0 atom stereocenters. The predicted molar refractivity (Wildman–Crippen MR) is 78.7 cm³/mol. The number of carbonyl (C=O) groups is 1. The molecule has 3 rings (SSSR count). The number of ether oxygens (including phenoxy) is 1. The van der Waals surface area contributed by atoms with E-state index >= 15 is 0 Å². The average molecular weight is 282 g/mol. The first-order chi connectivity index (χ1) is 10.2. The molecule has 21 heavy (non-hydrogen) atoms. The molecule has 0 bridgehead atoms. The first kappa shape index (κ1) is 13.3. The molecule has 0 aliphatic carbocycles. The van der Waals surface area contributed by atoms with E-state index in [2.05, 4.69) is 4.98 Å². The number of carbonyl (C=O) groups excluding carboxylic acids is 1. The summed E-state index contributed by atoms with van der Waals surface area (Å²) in [7, 11) is 1.35. The highest BCUT2D eigenvalue weighted by Gasteiger charge is 2.11. The van der Waals surface area contributed by atoms with Gasteiger partial charge in [-0.25, -0.2) is 9.78 Å². The zero-order valence-corrected chi connectivity index (χ0v) is 11.5. The van der Waals surface area contributed by atoms with Crippen molar-refractivity contribution in [3.05, 3.63) is 53.6 Å². The highest BCUT2D eigenvalue weighted by molar-refractivity contribution is 5.93. The zero-order chi connectivity index (χ0) is 14.8. The molecule has 106 valence electrons. The van der Waals surface area contributed by atoms with Crippen LogP contribution in [-0.2, 0) is 11.3 Å². The van der Waals surface area contributed by atoms with Gasteiger partial charge >= 0.3 is 5.97 Å². The van der Waals surface area contributed by atoms with E-state index in [0.29, 0.717) is 29.1 Å². The van der Waals surface area contributed by atoms with Gasteiger partial charge in [-0.2, -0.15) is 0 Å². The van der Waals surface area contributed by atoms with Crippen LogP contribution in [0.3, 0.4) is 0 Å². The second kappa shape index (κ2) is 5.38. The zero-order valence-electron chi connectivity index (χ0n) is 11.5. The monoisotopic (exact) mass is 282 g/mol. The molecular formula is C16H14N2O3. The van der Waals surface area contributed by atoms with Gasteiger partial charge in [0.25, 0.3) is 0 Å². The Kier molecular flexibility index (Phi) is 3.41. The van der Waals surface area contributed by atoms with Crippen molar-refractivity contribution < 1.29 is 13.9 Å². The van der Waals surface area contributed by atoms with Crippen LogP contribution in [-0.4, -0.2) is 18.1 Å². The first-order valence-corrected chi connectivity index (χ1v) is 6.49. The summed E-state index contributed by atoms with van der Waals surface area (Å²) >= 11 is 0. The molecule has 0 aliphatic heterocycles. The van der Waals surface area contributed by atoms with Crippen LogP contribution in [0.4, 0.5) is 0 Å². The van der Waals surface area contributed by atoms with Crippen molar-refractivity contribution in [2.75, 3.05) is 7.11 Å². The molecule has 0 aliphatic rings. The molecule has 5 nitrogen and oxygen atoms in total. The van der Waals surface area contributed by atoms with Crippen molar-refractivity contribution in [1.82, 2.24) is 4.98 Å². The summed E-state index contributed by atoms with van der Waals surface area (Å²) in [6, 6.07) is 12.7. The fourth-order valence-electron chi connectivity index (χ4n) is 2.08. The van der Waals surface area contributed by atoms with Crippen LogP contribution in [0, 0.1) is 0 Å². The molecule has 1 heterocycles. The van der Waals surface area contributed by atoms with Crippen LogP contribution >= 0.6 is 0 Å². The maximum Gasteiger partial charge on any atom is 0.337 e. The molecule has 0 saturated heterocycles. The number of benzene rings is 2. The second-order valence-electron chi connectivity index (χ2n) is 4.59. The standard InChI is InChI=1S/C16H14N2O3/c1-20-16(19)12-6-7-14-13(8-12)18-15(21-14)11-4-2-10(9-17)3-5-11/h2-8H,9,17H2,1H3. The van der Waals surface area contributed by atoms with E-state index in [0.717, 1.165) is 11.1 Å². The van der Waals surface area contributed by atoms with Crippen molar-refractivity contribution in [2.24, 2.45) is 5.73 Å². The Morgan fingerprint density at radius 3 is 2.67 bits per heavy atom. The molecule has 2 N–H and O–H groups in total. The summed E-state index contributed by atoms with van der Waals surface area (Å²) in [5.74, 6) is 0.115. The van der Waals surface area contributed by atoms with Gasteiger partial charge in [-0.3, -0.25) is 0 Å². The molecule has 1 aromatic heterocycles. The van der Waals surface area contributed by atoms with Crippen molar-refractivity contribution in [1.29, 1.82) is 0 Å². The van der Waals surface area contributed by atoms with Gasteiger partial charge in [0.1, 0.15) is 5.52 Å². The van der Waals surface area contributed by atoms with Gasteiger partial charge in [0.15, 0.2) is 5.58 Å². The number of esters is 1. The number of hydrogen-bond donors (Lipinski definition) is 1.